The van der Waals surface area contributed by atoms with Gasteiger partial charge in [0.2, 0.25) is 10.0 Å². The zero-order valence-electron chi connectivity index (χ0n) is 18.6. The fourth-order valence-corrected chi connectivity index (χ4v) is 2.26. The van der Waals surface area contributed by atoms with Crippen molar-refractivity contribution in [2.75, 3.05) is 27.7 Å². The van der Waals surface area contributed by atoms with E-state index in [0.717, 1.165) is 18.2 Å². The zero-order chi connectivity index (χ0) is 20.9. The lowest BCUT2D eigenvalue weighted by Gasteiger charge is -2.08. The number of rotatable bonds is 6. The molecule has 0 atom stereocenters. The van der Waals surface area contributed by atoms with Gasteiger partial charge >= 0.3 is 0 Å². The summed E-state index contributed by atoms with van der Waals surface area (Å²) in [5.74, 6) is -0.828. The first kappa shape index (κ1) is 8.17. The quantitative estimate of drug-likeness (QED) is 0.846. The number of nitrogens with one attached hydrogen (secondary N) is 2. The second-order valence-corrected chi connectivity index (χ2v) is 6.39. The Morgan fingerprint density at radius 3 is 2.95 bits per heavy atom. The van der Waals surface area contributed by atoms with Crippen molar-refractivity contribution in [1.29, 1.82) is 0 Å². The van der Waals surface area contributed by atoms with E-state index in [-0.39, 0.29) is 33.3 Å². The molecule has 2 aromatic rings. The summed E-state index contributed by atoms with van der Waals surface area (Å²) < 4.78 is 80.9. The molecule has 20 heavy (non-hydrogen) atoms. The molecule has 0 aliphatic rings. The third kappa shape index (κ3) is 3.59. The summed E-state index contributed by atoms with van der Waals surface area (Å²) in [5, 5.41) is -0.0596. The number of fused-ring (bicyclic) bond motifs is 1. The number of aromatic nitrogens is 1. The van der Waals surface area contributed by atoms with Crippen LogP contribution < -0.4 is 4.72 Å². The number of hydrogen-bond acceptors (Lipinski definition) is 3. The summed E-state index contributed by atoms with van der Waals surface area (Å²) in [6.45, 7) is -0.0510. The van der Waals surface area contributed by atoms with E-state index in [0.29, 0.717) is 0 Å². The van der Waals surface area contributed by atoms with Crippen LogP contribution in [0.25, 0.3) is 10.9 Å². The third-order valence-electron chi connectivity index (χ3n) is 2.63. The molecule has 0 saturated carbocycles. The van der Waals surface area contributed by atoms with E-state index >= 15 is 0 Å². The molecule has 2 N–H and O–H groups in total. The van der Waals surface area contributed by atoms with Crippen LogP contribution in [0.5, 0.6) is 0 Å². The Morgan fingerprint density at radius 1 is 1.55 bits per heavy atom. The molecule has 0 radical (unpaired) electrons. The van der Waals surface area contributed by atoms with Gasteiger partial charge in [0.15, 0.2) is 1.41 Å². The first-order valence-electron chi connectivity index (χ1n) is 9.33. The van der Waals surface area contributed by atoms with Gasteiger partial charge in [0.1, 0.15) is 1.41 Å². The van der Waals surface area contributed by atoms with Gasteiger partial charge in [0, 0.05) is 26.4 Å². The van der Waals surface area contributed by atoms with Gasteiger partial charge in [-0.15, -0.1) is 0 Å². The number of benzene rings is 1. The number of nitrogens with zero attached hydrogens (tertiary/aromatic N) is 1. The van der Waals surface area contributed by atoms with E-state index in [1.54, 1.807) is 19.0 Å². The molecule has 1 aromatic heterocycles. The number of H-pyrrole nitrogens is 1. The van der Waals surface area contributed by atoms with Crippen LogP contribution in [-0.2, 0) is 22.1 Å². The van der Waals surface area contributed by atoms with Crippen molar-refractivity contribution < 1.29 is 18.1 Å². The molecular formula is C14H21N3O2S. The first-order chi connectivity index (χ1) is 12.2. The van der Waals surface area contributed by atoms with Crippen LogP contribution >= 0.6 is 0 Å². The van der Waals surface area contributed by atoms with Gasteiger partial charge in [-0.1, -0.05) is 6.04 Å². The van der Waals surface area contributed by atoms with Crippen molar-refractivity contribution in [3.63, 3.8) is 0 Å². The van der Waals surface area contributed by atoms with E-state index < -0.39 is 40.3 Å². The van der Waals surface area contributed by atoms with Crippen LogP contribution in [0.4, 0.5) is 0 Å². The smallest absolute Gasteiger partial charge is 0.215 e. The minimum absolute atomic E-state index is 0.0161. The molecule has 6 heteroatoms. The maximum atomic E-state index is 12.1. The van der Waals surface area contributed by atoms with Gasteiger partial charge in [0.05, 0.1) is 9.87 Å². The van der Waals surface area contributed by atoms with Crippen LogP contribution in [0.15, 0.2) is 24.3 Å². The molecule has 110 valence electrons. The molecule has 0 unspecified atom stereocenters. The van der Waals surface area contributed by atoms with Crippen LogP contribution in [0.2, 0.25) is 2.82 Å². The molecule has 0 amide bonds. The van der Waals surface area contributed by atoms with E-state index in [9.17, 15) is 8.42 Å². The second-order valence-electron chi connectivity index (χ2n) is 4.57. The highest BCUT2D eigenvalue weighted by atomic mass is 32.2. The topological polar surface area (TPSA) is 65.2 Å². The lowest BCUT2D eigenvalue weighted by atomic mass is 10.1. The van der Waals surface area contributed by atoms with E-state index in [4.69, 9.17) is 9.68 Å². The third-order valence-corrected chi connectivity index (χ3v) is 3.84. The second kappa shape index (κ2) is 5.95. The molecule has 2 rings (SSSR count). The summed E-state index contributed by atoms with van der Waals surface area (Å²) in [7, 11) is 0.215. The van der Waals surface area contributed by atoms with Crippen LogP contribution in [0.1, 0.15) is 18.0 Å². The molecule has 0 aliphatic heterocycles. The van der Waals surface area contributed by atoms with Gasteiger partial charge < -0.3 is 9.88 Å². The maximum absolute atomic E-state index is 12.1. The molecule has 0 saturated heterocycles. The van der Waals surface area contributed by atoms with Crippen molar-refractivity contribution >= 4 is 20.9 Å². The first-order valence-corrected chi connectivity index (χ1v) is 7.55. The number of sulfonamides is 1. The molecule has 0 bridgehead atoms. The summed E-state index contributed by atoms with van der Waals surface area (Å²) in [6.07, 6.45) is -0.819. The van der Waals surface area contributed by atoms with Gasteiger partial charge in [-0.25, -0.2) is 13.1 Å². The number of aromatic amines is 1. The maximum Gasteiger partial charge on any atom is 0.215 e. The zero-order valence-corrected chi connectivity index (χ0v) is 12.4. The molecule has 1 aromatic carbocycles. The summed E-state index contributed by atoms with van der Waals surface area (Å²) >= 11 is 0. The monoisotopic (exact) mass is 302 g/mol. The Labute approximate surface area is 130 Å². The average molecular weight is 302 g/mol. The number of likely N-dealkylation sites (N-methyl/N-ethyl adjacent to an activating group) is 1. The predicted molar refractivity (Wildman–Crippen MR) is 82.2 cm³/mol. The Hall–Kier alpha value is -1.37. The van der Waals surface area contributed by atoms with E-state index in [2.05, 4.69) is 0 Å². The summed E-state index contributed by atoms with van der Waals surface area (Å²) in [4.78, 5) is 2.34. The van der Waals surface area contributed by atoms with Crippen molar-refractivity contribution in [2.24, 2.45) is 0 Å². The SMILES string of the molecule is [2H]c1c(CS(=O)(=O)N([2H])C)c([2H])c2c(C([2H])([2H])CN(C)C)cn([2H])c2c1[2H]. The Kier molecular flexibility index (Phi) is 2.43. The number of hydrogen-bond donors (Lipinski definition) is 2. The van der Waals surface area contributed by atoms with Crippen molar-refractivity contribution in [3.8, 4) is 0 Å². The molecule has 0 spiro atoms. The van der Waals surface area contributed by atoms with Crippen LogP contribution in [-0.4, -0.2) is 46.0 Å². The Morgan fingerprint density at radius 2 is 2.30 bits per heavy atom. The lowest BCUT2D eigenvalue weighted by molar-refractivity contribution is 0.414. The molecule has 0 fully saturated rings. The normalized spacial score (nSPS) is 18.4. The van der Waals surface area contributed by atoms with Gasteiger partial charge in [-0.3, -0.25) is 0 Å². The van der Waals surface area contributed by atoms with Crippen molar-refractivity contribution in [1.82, 2.24) is 14.6 Å². The predicted octanol–water partition coefficient (Wildman–Crippen LogP) is 1.32. The van der Waals surface area contributed by atoms with E-state index in [1.807, 2.05) is 0 Å². The Balaban J connectivity index is 2.85. The fourth-order valence-electron chi connectivity index (χ4n) is 1.62. The van der Waals surface area contributed by atoms with Crippen LogP contribution in [0.3, 0.4) is 0 Å². The van der Waals surface area contributed by atoms with Crippen molar-refractivity contribution in [3.05, 3.63) is 35.5 Å². The summed E-state index contributed by atoms with van der Waals surface area (Å²) in [5.41, 5.74) is -0.430. The Bertz CT molecular complexity index is 987. The molecule has 1 heterocycles. The standard InChI is InChI=1S/C14H21N3O2S/c1-15-20(18,19)10-11-4-5-14-13(8-11)12(9-16-14)6-7-17(2)3/h4-5,8-9,15-16H,6-7,10H2,1-3H3/i4D,5D,6D2,8D/hD2. The van der Waals surface area contributed by atoms with Crippen molar-refractivity contribution in [2.45, 2.75) is 12.1 Å². The largest absolute Gasteiger partial charge is 0.361 e. The fraction of sp³-hybridized carbons (Fsp3) is 0.429. The van der Waals surface area contributed by atoms with Gasteiger partial charge in [-0.2, -0.15) is 0 Å². The highest BCUT2D eigenvalue weighted by Crippen LogP contribution is 2.21. The lowest BCUT2D eigenvalue weighted by Crippen LogP contribution is -2.20. The summed E-state index contributed by atoms with van der Waals surface area (Å²) in [6, 6.07) is -1.40. The highest BCUT2D eigenvalue weighted by molar-refractivity contribution is 7.88. The van der Waals surface area contributed by atoms with Gasteiger partial charge in [-0.05, 0) is 50.7 Å². The molecule has 0 aliphatic carbocycles. The molecule has 5 nitrogen and oxygen atoms in total. The highest BCUT2D eigenvalue weighted by Gasteiger charge is 2.11. The minimum Gasteiger partial charge on any atom is -0.361 e. The van der Waals surface area contributed by atoms with E-state index in [1.165, 1.54) is 0 Å². The van der Waals surface area contributed by atoms with Gasteiger partial charge in [0.25, 0.3) is 0 Å². The molecular weight excluding hydrogens is 274 g/mol. The minimum atomic E-state index is -4.12. The van der Waals surface area contributed by atoms with Crippen LogP contribution in [0, 0.1) is 0 Å². The average Bonchev–Trinajstić information content (AvgIpc) is 2.86.